The fraction of sp³-hybridized carbons (Fsp3) is 0.174. The molecule has 6 heteroatoms. The van der Waals surface area contributed by atoms with Crippen molar-refractivity contribution in [2.24, 2.45) is 5.73 Å². The van der Waals surface area contributed by atoms with Crippen molar-refractivity contribution in [3.8, 4) is 16.9 Å². The van der Waals surface area contributed by atoms with Crippen LogP contribution < -0.4 is 15.8 Å². The van der Waals surface area contributed by atoms with E-state index >= 15 is 0 Å². The lowest BCUT2D eigenvalue weighted by atomic mass is 10.0. The highest BCUT2D eigenvalue weighted by Crippen LogP contribution is 2.28. The molecule has 3 aromatic rings. The first kappa shape index (κ1) is 21.0. The predicted molar refractivity (Wildman–Crippen MR) is 119 cm³/mol. The van der Waals surface area contributed by atoms with Crippen molar-refractivity contribution in [3.05, 3.63) is 82.8 Å². The Bertz CT molecular complexity index is 946. The lowest BCUT2D eigenvalue weighted by Crippen LogP contribution is -2.38. The van der Waals surface area contributed by atoms with Crippen LogP contribution in [0.15, 0.2) is 77.3 Å². The van der Waals surface area contributed by atoms with E-state index in [4.69, 9.17) is 15.6 Å². The molecule has 29 heavy (non-hydrogen) atoms. The second-order valence-electron chi connectivity index (χ2n) is 6.58. The molecule has 1 amide bonds. The maximum Gasteiger partial charge on any atom is 0.243 e. The summed E-state index contributed by atoms with van der Waals surface area (Å²) in [6.07, 6.45) is 0.783. The molecule has 3 aromatic carbocycles. The summed E-state index contributed by atoms with van der Waals surface area (Å²) < 4.78 is 6.59. The molecule has 5 nitrogen and oxygen atoms in total. The molecule has 0 bridgehead atoms. The quantitative estimate of drug-likeness (QED) is 0.480. The molecule has 0 aromatic heterocycles. The van der Waals surface area contributed by atoms with Gasteiger partial charge in [0.15, 0.2) is 0 Å². The van der Waals surface area contributed by atoms with Crippen molar-refractivity contribution in [2.45, 2.75) is 12.5 Å². The van der Waals surface area contributed by atoms with Gasteiger partial charge >= 0.3 is 0 Å². The van der Waals surface area contributed by atoms with E-state index in [0.717, 1.165) is 10.9 Å². The number of nitrogens with one attached hydrogen (secondary N) is 1. The van der Waals surface area contributed by atoms with Gasteiger partial charge in [-0.2, -0.15) is 0 Å². The molecule has 0 saturated carbocycles. The smallest absolute Gasteiger partial charge is 0.243 e. The SMILES string of the molecule is N[C@@H](CO)C(=O)Nc1ccc(OCCc2ccc(-c3ccccc3)cc2)c(Br)c1. The maximum absolute atomic E-state index is 11.7. The molecule has 0 aliphatic heterocycles. The molecule has 1 atom stereocenters. The summed E-state index contributed by atoms with van der Waals surface area (Å²) in [5.74, 6) is 0.252. The molecular weight excluding hydrogens is 432 g/mol. The van der Waals surface area contributed by atoms with Crippen molar-refractivity contribution in [2.75, 3.05) is 18.5 Å². The summed E-state index contributed by atoms with van der Waals surface area (Å²) >= 11 is 3.46. The second kappa shape index (κ2) is 10.2. The highest BCUT2D eigenvalue weighted by Gasteiger charge is 2.13. The molecule has 0 unspecified atom stereocenters. The van der Waals surface area contributed by atoms with E-state index in [1.54, 1.807) is 18.2 Å². The van der Waals surface area contributed by atoms with Crippen molar-refractivity contribution in [1.82, 2.24) is 0 Å². The number of aliphatic hydroxyl groups excluding tert-OH is 1. The first-order valence-corrected chi connectivity index (χ1v) is 10.1. The van der Waals surface area contributed by atoms with Gasteiger partial charge in [0.2, 0.25) is 5.91 Å². The third-order valence-electron chi connectivity index (χ3n) is 4.44. The lowest BCUT2D eigenvalue weighted by molar-refractivity contribution is -0.118. The number of aliphatic hydroxyl groups is 1. The number of hydrogen-bond donors (Lipinski definition) is 3. The van der Waals surface area contributed by atoms with E-state index in [1.165, 1.54) is 16.7 Å². The molecule has 0 fully saturated rings. The number of rotatable bonds is 8. The van der Waals surface area contributed by atoms with Crippen LogP contribution in [-0.2, 0) is 11.2 Å². The van der Waals surface area contributed by atoms with Crippen molar-refractivity contribution in [1.29, 1.82) is 0 Å². The summed E-state index contributed by atoms with van der Waals surface area (Å²) in [6, 6.07) is 23.1. The van der Waals surface area contributed by atoms with Gasteiger partial charge in [0.05, 0.1) is 17.7 Å². The van der Waals surface area contributed by atoms with Crippen LogP contribution in [0.1, 0.15) is 5.56 Å². The van der Waals surface area contributed by atoms with Crippen molar-refractivity contribution in [3.63, 3.8) is 0 Å². The van der Waals surface area contributed by atoms with Gasteiger partial charge in [-0.3, -0.25) is 4.79 Å². The van der Waals surface area contributed by atoms with Crippen LogP contribution in [0.3, 0.4) is 0 Å². The topological polar surface area (TPSA) is 84.6 Å². The van der Waals surface area contributed by atoms with E-state index < -0.39 is 18.6 Å². The monoisotopic (exact) mass is 454 g/mol. The largest absolute Gasteiger partial charge is 0.492 e. The second-order valence-corrected chi connectivity index (χ2v) is 7.44. The minimum absolute atomic E-state index is 0.402. The standard InChI is InChI=1S/C23H23BrN2O3/c24-20-14-19(26-23(28)21(25)15-27)10-11-22(20)29-13-12-16-6-8-18(9-7-16)17-4-2-1-3-5-17/h1-11,14,21,27H,12-13,15,25H2,(H,26,28)/t21-/m0/s1. The summed E-state index contributed by atoms with van der Waals surface area (Å²) in [7, 11) is 0. The number of hydrogen-bond acceptors (Lipinski definition) is 4. The van der Waals surface area contributed by atoms with Gasteiger partial charge in [0.25, 0.3) is 0 Å². The molecule has 0 aliphatic rings. The van der Waals surface area contributed by atoms with E-state index in [0.29, 0.717) is 18.0 Å². The van der Waals surface area contributed by atoms with Crippen LogP contribution in [0.5, 0.6) is 5.75 Å². The van der Waals surface area contributed by atoms with Crippen LogP contribution in [0.4, 0.5) is 5.69 Å². The third-order valence-corrected chi connectivity index (χ3v) is 5.06. The number of halogens is 1. The number of benzene rings is 3. The van der Waals surface area contributed by atoms with Crippen molar-refractivity contribution < 1.29 is 14.6 Å². The third kappa shape index (κ3) is 5.90. The maximum atomic E-state index is 11.7. The Kier molecular flexibility index (Phi) is 7.41. The Morgan fingerprint density at radius 1 is 1.03 bits per heavy atom. The Morgan fingerprint density at radius 3 is 2.38 bits per heavy atom. The summed E-state index contributed by atoms with van der Waals surface area (Å²) in [5.41, 5.74) is 9.66. The first-order chi connectivity index (χ1) is 14.1. The molecule has 3 rings (SSSR count). The molecule has 0 spiro atoms. The summed E-state index contributed by atoms with van der Waals surface area (Å²) in [4.78, 5) is 11.7. The predicted octanol–water partition coefficient (Wildman–Crippen LogP) is 4.00. The fourth-order valence-electron chi connectivity index (χ4n) is 2.79. The molecular formula is C23H23BrN2O3. The van der Waals surface area contributed by atoms with Crippen molar-refractivity contribution >= 4 is 27.5 Å². The normalized spacial score (nSPS) is 11.7. The number of carbonyl (C=O) groups is 1. The molecule has 150 valence electrons. The van der Waals surface area contributed by atoms with Gasteiger partial charge in [-0.25, -0.2) is 0 Å². The molecule has 0 radical (unpaired) electrons. The van der Waals surface area contributed by atoms with Gasteiger partial charge in [0.1, 0.15) is 11.8 Å². The van der Waals surface area contributed by atoms with E-state index in [9.17, 15) is 4.79 Å². The number of amides is 1. The Morgan fingerprint density at radius 2 is 1.72 bits per heavy atom. The molecule has 4 N–H and O–H groups in total. The average molecular weight is 455 g/mol. The Balaban J connectivity index is 1.53. The summed E-state index contributed by atoms with van der Waals surface area (Å²) in [6.45, 7) is 0.130. The van der Waals surface area contributed by atoms with Crippen LogP contribution in [-0.4, -0.2) is 30.3 Å². The van der Waals surface area contributed by atoms with E-state index in [-0.39, 0.29) is 0 Å². The van der Waals surface area contributed by atoms with Crippen LogP contribution in [0.25, 0.3) is 11.1 Å². The van der Waals surface area contributed by atoms with Gasteiger partial charge in [-0.1, -0.05) is 54.6 Å². The van der Waals surface area contributed by atoms with Gasteiger partial charge < -0.3 is 20.9 Å². The molecule has 0 aliphatic carbocycles. The number of ether oxygens (including phenoxy) is 1. The van der Waals surface area contributed by atoms with E-state index in [2.05, 4.69) is 57.6 Å². The molecule has 0 heterocycles. The highest BCUT2D eigenvalue weighted by atomic mass is 79.9. The minimum Gasteiger partial charge on any atom is -0.492 e. The number of anilines is 1. The molecule has 0 saturated heterocycles. The summed E-state index contributed by atoms with van der Waals surface area (Å²) in [5, 5.41) is 11.6. The zero-order valence-electron chi connectivity index (χ0n) is 15.8. The number of carbonyl (C=O) groups excluding carboxylic acids is 1. The van der Waals surface area contributed by atoms with Crippen LogP contribution in [0, 0.1) is 0 Å². The van der Waals surface area contributed by atoms with E-state index in [1.807, 2.05) is 18.2 Å². The first-order valence-electron chi connectivity index (χ1n) is 9.31. The van der Waals surface area contributed by atoms with Gasteiger partial charge in [-0.15, -0.1) is 0 Å². The minimum atomic E-state index is -0.946. The van der Waals surface area contributed by atoms with Crippen LogP contribution in [0.2, 0.25) is 0 Å². The lowest BCUT2D eigenvalue weighted by Gasteiger charge is -2.12. The Labute approximate surface area is 178 Å². The Hall–Kier alpha value is -2.67. The zero-order valence-corrected chi connectivity index (χ0v) is 17.4. The van der Waals surface area contributed by atoms with Gasteiger partial charge in [-0.05, 0) is 50.8 Å². The average Bonchev–Trinajstić information content (AvgIpc) is 2.75. The fourth-order valence-corrected chi connectivity index (χ4v) is 3.28. The van der Waals surface area contributed by atoms with Gasteiger partial charge in [0, 0.05) is 12.1 Å². The zero-order chi connectivity index (χ0) is 20.6. The highest BCUT2D eigenvalue weighted by molar-refractivity contribution is 9.10. The van der Waals surface area contributed by atoms with Crippen LogP contribution >= 0.6 is 15.9 Å². The number of nitrogens with two attached hydrogens (primary N) is 1.